The van der Waals surface area contributed by atoms with Gasteiger partial charge in [0.2, 0.25) is 5.78 Å². The lowest BCUT2D eigenvalue weighted by molar-refractivity contribution is -0.137. The number of rotatable bonds is 10. The van der Waals surface area contributed by atoms with Gasteiger partial charge in [0.25, 0.3) is 0 Å². The van der Waals surface area contributed by atoms with Crippen LogP contribution in [0.4, 0.5) is 0 Å². The molecule has 0 saturated carbocycles. The number of fused-ring (bicyclic) bond motifs is 1. The topological polar surface area (TPSA) is 85.3 Å². The van der Waals surface area contributed by atoms with Crippen LogP contribution >= 0.6 is 11.3 Å². The molecule has 1 aliphatic heterocycles. The maximum Gasteiger partial charge on any atom is 0.330 e. The molecule has 5 rings (SSSR count). The molecule has 4 aromatic rings. The van der Waals surface area contributed by atoms with Gasteiger partial charge >= 0.3 is 5.97 Å². The second-order valence-electron chi connectivity index (χ2n) is 8.82. The van der Waals surface area contributed by atoms with Crippen molar-refractivity contribution in [1.29, 1.82) is 0 Å². The van der Waals surface area contributed by atoms with Crippen molar-refractivity contribution in [3.8, 4) is 23.0 Å². The minimum atomic E-state index is -0.326. The van der Waals surface area contributed by atoms with Crippen molar-refractivity contribution in [2.75, 3.05) is 26.2 Å². The molecule has 0 amide bonds. The molecular weight excluding hydrogens is 502 g/mol. The number of nitrogens with zero attached hydrogens (tertiary/aromatic N) is 1. The summed E-state index contributed by atoms with van der Waals surface area (Å²) >= 11 is 1.30. The van der Waals surface area contributed by atoms with E-state index in [0.29, 0.717) is 35.1 Å². The van der Waals surface area contributed by atoms with Crippen LogP contribution in [-0.4, -0.2) is 54.1 Å². The molecular formula is C30H27NO6S. The van der Waals surface area contributed by atoms with E-state index in [1.54, 1.807) is 43.3 Å². The molecule has 0 radical (unpaired) electrons. The van der Waals surface area contributed by atoms with E-state index >= 15 is 0 Å². The molecule has 1 N–H and O–H groups in total. The van der Waals surface area contributed by atoms with Gasteiger partial charge in [-0.2, -0.15) is 0 Å². The number of carbonyl (C=O) groups is 2. The van der Waals surface area contributed by atoms with Crippen molar-refractivity contribution in [2.24, 2.45) is 0 Å². The highest BCUT2D eigenvalue weighted by atomic mass is 32.1. The highest BCUT2D eigenvalue weighted by molar-refractivity contribution is 7.21. The van der Waals surface area contributed by atoms with Gasteiger partial charge in [-0.25, -0.2) is 4.79 Å². The first-order chi connectivity index (χ1) is 18.5. The maximum atomic E-state index is 13.3. The van der Waals surface area contributed by atoms with Gasteiger partial charge in [0.15, 0.2) is 5.75 Å². The number of carbonyl (C=O) groups excluding carboxylic acids is 2. The molecule has 0 unspecified atom stereocenters. The molecule has 38 heavy (non-hydrogen) atoms. The summed E-state index contributed by atoms with van der Waals surface area (Å²) in [5.41, 5.74) is 0.572. The van der Waals surface area contributed by atoms with Gasteiger partial charge in [-0.05, 0) is 49.4 Å². The Balaban J connectivity index is 1.24. The lowest BCUT2D eigenvalue weighted by atomic mass is 10.1. The third-order valence-electron chi connectivity index (χ3n) is 6.04. The molecule has 0 atom stereocenters. The largest absolute Gasteiger partial charge is 0.508 e. The van der Waals surface area contributed by atoms with E-state index in [9.17, 15) is 14.7 Å². The Morgan fingerprint density at radius 3 is 2.50 bits per heavy atom. The quantitative estimate of drug-likeness (QED) is 0.158. The highest BCUT2D eigenvalue weighted by Gasteiger charge is 2.27. The van der Waals surface area contributed by atoms with Crippen molar-refractivity contribution >= 4 is 33.2 Å². The van der Waals surface area contributed by atoms with E-state index in [-0.39, 0.29) is 23.6 Å². The number of phenolic OH excluding ortho intramolecular Hbond substituents is 1. The average Bonchev–Trinajstić information content (AvgIpc) is 3.25. The third-order valence-corrected chi connectivity index (χ3v) is 7.18. The Hall–Kier alpha value is -4.14. The molecule has 7 nitrogen and oxygen atoms in total. The van der Waals surface area contributed by atoms with E-state index in [4.69, 9.17) is 14.2 Å². The minimum Gasteiger partial charge on any atom is -0.508 e. The molecule has 1 saturated heterocycles. The third kappa shape index (κ3) is 5.88. The van der Waals surface area contributed by atoms with E-state index in [0.717, 1.165) is 28.9 Å². The van der Waals surface area contributed by atoms with Crippen LogP contribution in [0.2, 0.25) is 0 Å². The molecule has 3 aromatic carbocycles. The fraction of sp³-hybridized carbons (Fsp3) is 0.200. The van der Waals surface area contributed by atoms with Crippen molar-refractivity contribution in [2.45, 2.75) is 13.0 Å². The van der Waals surface area contributed by atoms with Crippen molar-refractivity contribution in [1.82, 2.24) is 4.90 Å². The number of aromatic hydroxyl groups is 1. The first-order valence-corrected chi connectivity index (χ1v) is 13.2. The normalized spacial score (nSPS) is 13.9. The van der Waals surface area contributed by atoms with Crippen LogP contribution in [0.25, 0.3) is 10.1 Å². The van der Waals surface area contributed by atoms with E-state index in [1.165, 1.54) is 17.4 Å². The number of ether oxygens (including phenoxy) is 3. The number of phenols is 1. The molecule has 0 aliphatic carbocycles. The van der Waals surface area contributed by atoms with Gasteiger partial charge in [0.1, 0.15) is 28.2 Å². The van der Waals surface area contributed by atoms with Crippen molar-refractivity contribution in [3.63, 3.8) is 0 Å². The Labute approximate surface area is 224 Å². The molecule has 0 spiro atoms. The smallest absolute Gasteiger partial charge is 0.330 e. The molecule has 1 fully saturated rings. The predicted molar refractivity (Wildman–Crippen MR) is 147 cm³/mol. The lowest BCUT2D eigenvalue weighted by Crippen LogP contribution is -2.53. The molecule has 0 bridgehead atoms. The highest BCUT2D eigenvalue weighted by Crippen LogP contribution is 2.42. The van der Waals surface area contributed by atoms with Crippen molar-refractivity contribution < 1.29 is 28.9 Å². The Morgan fingerprint density at radius 2 is 1.76 bits per heavy atom. The number of esters is 1. The summed E-state index contributed by atoms with van der Waals surface area (Å²) in [4.78, 5) is 27.3. The van der Waals surface area contributed by atoms with E-state index in [2.05, 4.69) is 4.90 Å². The van der Waals surface area contributed by atoms with Gasteiger partial charge in [-0.1, -0.05) is 36.4 Å². The van der Waals surface area contributed by atoms with Gasteiger partial charge < -0.3 is 19.3 Å². The average molecular weight is 530 g/mol. The van der Waals surface area contributed by atoms with Crippen LogP contribution in [0, 0.1) is 0 Å². The maximum absolute atomic E-state index is 13.3. The first kappa shape index (κ1) is 25.5. The molecule has 2 heterocycles. The summed E-state index contributed by atoms with van der Waals surface area (Å²) in [6.07, 6.45) is 3.32. The molecule has 8 heteroatoms. The van der Waals surface area contributed by atoms with Crippen LogP contribution < -0.4 is 9.47 Å². The lowest BCUT2D eigenvalue weighted by Gasteiger charge is -2.38. The summed E-state index contributed by atoms with van der Waals surface area (Å²) in [7, 11) is 0. The van der Waals surface area contributed by atoms with Crippen LogP contribution in [0.5, 0.6) is 23.0 Å². The summed E-state index contributed by atoms with van der Waals surface area (Å²) in [6, 6.07) is 21.4. The van der Waals surface area contributed by atoms with Gasteiger partial charge in [0.05, 0.1) is 6.61 Å². The Bertz CT molecular complexity index is 1460. The standard InChI is InChI=1S/C30H27NO6S/c1-2-35-27(33)9-6-16-31-18-24(19-31)36-22-11-13-23(14-12-22)37-29-25-15-10-21(32)17-26(25)38-30(29)28(34)20-7-4-3-5-8-20/h3-15,17,24,32H,2,16,18-19H2,1H3/b9-6+. The SMILES string of the molecule is CCOC(=O)/C=C/CN1CC(Oc2ccc(Oc3c(C(=O)c4ccccc4)sc4cc(O)ccc34)cc2)C1. The molecule has 194 valence electrons. The van der Waals surface area contributed by atoms with Crippen LogP contribution in [-0.2, 0) is 9.53 Å². The zero-order valence-electron chi connectivity index (χ0n) is 20.8. The van der Waals surface area contributed by atoms with E-state index in [1.807, 2.05) is 42.5 Å². The first-order valence-electron chi connectivity index (χ1n) is 12.4. The fourth-order valence-electron chi connectivity index (χ4n) is 4.16. The zero-order chi connectivity index (χ0) is 26.5. The van der Waals surface area contributed by atoms with Crippen LogP contribution in [0.3, 0.4) is 0 Å². The van der Waals surface area contributed by atoms with Crippen LogP contribution in [0.1, 0.15) is 22.2 Å². The number of benzene rings is 3. The van der Waals surface area contributed by atoms with Crippen molar-refractivity contribution in [3.05, 3.63) is 95.4 Å². The number of hydrogen-bond acceptors (Lipinski definition) is 8. The summed E-state index contributed by atoms with van der Waals surface area (Å²) < 4.78 is 17.9. The van der Waals surface area contributed by atoms with Gasteiger partial charge in [-0.15, -0.1) is 11.3 Å². The summed E-state index contributed by atoms with van der Waals surface area (Å²) in [5.74, 6) is 1.45. The second kappa shape index (κ2) is 11.5. The van der Waals surface area contributed by atoms with Crippen LogP contribution in [0.15, 0.2) is 84.9 Å². The van der Waals surface area contributed by atoms with Gasteiger partial charge in [0, 0.05) is 41.4 Å². The summed E-state index contributed by atoms with van der Waals surface area (Å²) in [6.45, 7) is 4.35. The number of likely N-dealkylation sites (tertiary alicyclic amines) is 1. The summed E-state index contributed by atoms with van der Waals surface area (Å²) in [5, 5.41) is 10.7. The molecule has 1 aliphatic rings. The monoisotopic (exact) mass is 529 g/mol. The Morgan fingerprint density at radius 1 is 1.03 bits per heavy atom. The predicted octanol–water partition coefficient (Wildman–Crippen LogP) is 5.81. The minimum absolute atomic E-state index is 0.0707. The second-order valence-corrected chi connectivity index (χ2v) is 9.87. The number of thiophene rings is 1. The number of ketones is 1. The van der Waals surface area contributed by atoms with Gasteiger partial charge in [-0.3, -0.25) is 9.69 Å². The number of hydrogen-bond donors (Lipinski definition) is 1. The fourth-order valence-corrected chi connectivity index (χ4v) is 5.29. The van der Waals surface area contributed by atoms with E-state index < -0.39 is 0 Å². The Kier molecular flexibility index (Phi) is 7.72. The molecule has 1 aromatic heterocycles. The zero-order valence-corrected chi connectivity index (χ0v) is 21.6.